The molecule has 0 aliphatic heterocycles. The summed E-state index contributed by atoms with van der Waals surface area (Å²) in [7, 11) is 0. The molecule has 0 unspecified atom stereocenters. The van der Waals surface area contributed by atoms with E-state index in [-0.39, 0.29) is 0 Å². The average Bonchev–Trinajstić information content (AvgIpc) is 2.48. The standard InChI is InChI=1S/C10H11NS/c1-6-4-7(2)10-9(8(6)3)11-5-12-10/h4-5H,1-3H3. The summed E-state index contributed by atoms with van der Waals surface area (Å²) in [6.45, 7) is 6.42. The summed E-state index contributed by atoms with van der Waals surface area (Å²) in [5.41, 5.74) is 7.10. The molecular weight excluding hydrogens is 166 g/mol. The molecule has 2 aromatic rings. The lowest BCUT2D eigenvalue weighted by Crippen LogP contribution is -1.84. The number of benzene rings is 1. The van der Waals surface area contributed by atoms with Crippen molar-refractivity contribution < 1.29 is 0 Å². The molecule has 1 heterocycles. The summed E-state index contributed by atoms with van der Waals surface area (Å²) in [5.74, 6) is 0. The number of rotatable bonds is 0. The Balaban J connectivity index is 2.97. The van der Waals surface area contributed by atoms with Crippen molar-refractivity contribution in [1.82, 2.24) is 4.98 Å². The van der Waals surface area contributed by atoms with Gasteiger partial charge in [-0.25, -0.2) is 4.98 Å². The van der Waals surface area contributed by atoms with Crippen molar-refractivity contribution in [2.24, 2.45) is 0 Å². The van der Waals surface area contributed by atoms with Crippen LogP contribution in [0.5, 0.6) is 0 Å². The van der Waals surface area contributed by atoms with E-state index in [0.29, 0.717) is 0 Å². The van der Waals surface area contributed by atoms with Gasteiger partial charge in [0.15, 0.2) is 0 Å². The summed E-state index contributed by atoms with van der Waals surface area (Å²) in [4.78, 5) is 4.36. The number of aromatic nitrogens is 1. The van der Waals surface area contributed by atoms with Crippen molar-refractivity contribution in [3.8, 4) is 0 Å². The fourth-order valence-corrected chi connectivity index (χ4v) is 2.30. The van der Waals surface area contributed by atoms with Gasteiger partial charge >= 0.3 is 0 Å². The molecule has 0 amide bonds. The van der Waals surface area contributed by atoms with Crippen molar-refractivity contribution in [1.29, 1.82) is 0 Å². The molecule has 1 nitrogen and oxygen atoms in total. The first kappa shape index (κ1) is 7.74. The second kappa shape index (κ2) is 2.56. The Hall–Kier alpha value is -0.890. The van der Waals surface area contributed by atoms with E-state index >= 15 is 0 Å². The van der Waals surface area contributed by atoms with E-state index in [4.69, 9.17) is 0 Å². The summed E-state index contributed by atoms with van der Waals surface area (Å²) >= 11 is 1.73. The molecule has 12 heavy (non-hydrogen) atoms. The van der Waals surface area contributed by atoms with Crippen LogP contribution in [-0.2, 0) is 0 Å². The van der Waals surface area contributed by atoms with Gasteiger partial charge in [0.1, 0.15) is 0 Å². The van der Waals surface area contributed by atoms with Gasteiger partial charge in [-0.2, -0.15) is 0 Å². The lowest BCUT2D eigenvalue weighted by Gasteiger charge is -2.02. The topological polar surface area (TPSA) is 12.9 Å². The number of aryl methyl sites for hydroxylation is 3. The van der Waals surface area contributed by atoms with E-state index in [1.165, 1.54) is 26.9 Å². The fourth-order valence-electron chi connectivity index (χ4n) is 1.48. The normalized spacial score (nSPS) is 10.9. The first-order valence-electron chi connectivity index (χ1n) is 4.00. The van der Waals surface area contributed by atoms with Gasteiger partial charge in [0, 0.05) is 0 Å². The lowest BCUT2D eigenvalue weighted by atomic mass is 10.1. The van der Waals surface area contributed by atoms with Crippen molar-refractivity contribution in [3.63, 3.8) is 0 Å². The minimum Gasteiger partial charge on any atom is -0.244 e. The number of thiazole rings is 1. The molecule has 0 bridgehead atoms. The molecule has 0 saturated carbocycles. The molecule has 2 heteroatoms. The maximum Gasteiger partial charge on any atom is 0.0846 e. The molecule has 0 spiro atoms. The summed E-state index contributed by atoms with van der Waals surface area (Å²) in [6, 6.07) is 2.23. The molecule has 62 valence electrons. The molecular formula is C10H11NS. The second-order valence-corrected chi connectivity index (χ2v) is 4.02. The van der Waals surface area contributed by atoms with Crippen LogP contribution in [0.3, 0.4) is 0 Å². The lowest BCUT2D eigenvalue weighted by molar-refractivity contribution is 1.32. The Morgan fingerprint density at radius 1 is 1.17 bits per heavy atom. The van der Waals surface area contributed by atoms with Crippen molar-refractivity contribution in [2.45, 2.75) is 20.8 Å². The van der Waals surface area contributed by atoms with E-state index in [2.05, 4.69) is 31.8 Å². The van der Waals surface area contributed by atoms with Crippen LogP contribution in [0, 0.1) is 20.8 Å². The van der Waals surface area contributed by atoms with Crippen LogP contribution < -0.4 is 0 Å². The van der Waals surface area contributed by atoms with E-state index in [0.717, 1.165) is 0 Å². The molecule has 0 radical (unpaired) electrons. The summed E-state index contributed by atoms with van der Waals surface area (Å²) < 4.78 is 1.33. The van der Waals surface area contributed by atoms with Crippen molar-refractivity contribution in [3.05, 3.63) is 28.3 Å². The highest BCUT2D eigenvalue weighted by Gasteiger charge is 2.05. The maximum atomic E-state index is 4.36. The zero-order chi connectivity index (χ0) is 8.72. The molecule has 2 rings (SSSR count). The van der Waals surface area contributed by atoms with Crippen LogP contribution in [0.15, 0.2) is 11.6 Å². The van der Waals surface area contributed by atoms with Gasteiger partial charge < -0.3 is 0 Å². The molecule has 1 aromatic carbocycles. The zero-order valence-electron chi connectivity index (χ0n) is 7.51. The summed E-state index contributed by atoms with van der Waals surface area (Å²) in [5, 5.41) is 0. The SMILES string of the molecule is Cc1cc(C)c2scnc2c1C. The minimum atomic E-state index is 1.18. The number of nitrogens with zero attached hydrogens (tertiary/aromatic N) is 1. The summed E-state index contributed by atoms with van der Waals surface area (Å²) in [6.07, 6.45) is 0. The van der Waals surface area contributed by atoms with Gasteiger partial charge in [-0.3, -0.25) is 0 Å². The molecule has 0 aliphatic carbocycles. The predicted octanol–water partition coefficient (Wildman–Crippen LogP) is 3.22. The molecule has 0 atom stereocenters. The molecule has 0 saturated heterocycles. The van der Waals surface area contributed by atoms with Crippen molar-refractivity contribution >= 4 is 21.6 Å². The van der Waals surface area contributed by atoms with Crippen LogP contribution in [0.2, 0.25) is 0 Å². The van der Waals surface area contributed by atoms with Crippen LogP contribution in [-0.4, -0.2) is 4.98 Å². The second-order valence-electron chi connectivity index (χ2n) is 3.17. The minimum absolute atomic E-state index is 1.18. The third-order valence-corrected chi connectivity index (χ3v) is 3.27. The number of hydrogen-bond donors (Lipinski definition) is 0. The number of fused-ring (bicyclic) bond motifs is 1. The highest BCUT2D eigenvalue weighted by atomic mass is 32.1. The van der Waals surface area contributed by atoms with E-state index in [1.807, 2.05) is 5.51 Å². The zero-order valence-corrected chi connectivity index (χ0v) is 8.33. The Kier molecular flexibility index (Phi) is 1.65. The first-order chi connectivity index (χ1) is 5.70. The van der Waals surface area contributed by atoms with Gasteiger partial charge in [0.25, 0.3) is 0 Å². The molecule has 0 fully saturated rings. The predicted molar refractivity (Wildman–Crippen MR) is 53.8 cm³/mol. The Morgan fingerprint density at radius 2 is 1.92 bits per heavy atom. The van der Waals surface area contributed by atoms with Gasteiger partial charge in [-0.05, 0) is 37.5 Å². The third-order valence-electron chi connectivity index (χ3n) is 2.31. The van der Waals surface area contributed by atoms with Crippen LogP contribution in [0.25, 0.3) is 10.2 Å². The monoisotopic (exact) mass is 177 g/mol. The Bertz CT molecular complexity index is 429. The van der Waals surface area contributed by atoms with E-state index in [1.54, 1.807) is 11.3 Å². The van der Waals surface area contributed by atoms with Crippen molar-refractivity contribution in [2.75, 3.05) is 0 Å². The van der Waals surface area contributed by atoms with Gasteiger partial charge in [-0.15, -0.1) is 11.3 Å². The highest BCUT2D eigenvalue weighted by Crippen LogP contribution is 2.26. The van der Waals surface area contributed by atoms with Crippen LogP contribution in [0.4, 0.5) is 0 Å². The third kappa shape index (κ3) is 0.950. The largest absolute Gasteiger partial charge is 0.244 e. The average molecular weight is 177 g/mol. The molecule has 0 aliphatic rings. The van der Waals surface area contributed by atoms with Crippen LogP contribution >= 0.6 is 11.3 Å². The Labute approximate surface area is 76.1 Å². The molecule has 0 N–H and O–H groups in total. The van der Waals surface area contributed by atoms with Gasteiger partial charge in [0.2, 0.25) is 0 Å². The van der Waals surface area contributed by atoms with Gasteiger partial charge in [-0.1, -0.05) is 6.07 Å². The van der Waals surface area contributed by atoms with E-state index < -0.39 is 0 Å². The molecule has 1 aromatic heterocycles. The van der Waals surface area contributed by atoms with E-state index in [9.17, 15) is 0 Å². The highest BCUT2D eigenvalue weighted by molar-refractivity contribution is 7.17. The first-order valence-corrected chi connectivity index (χ1v) is 4.88. The smallest absolute Gasteiger partial charge is 0.0846 e. The Morgan fingerprint density at radius 3 is 2.67 bits per heavy atom. The maximum absolute atomic E-state index is 4.36. The fraction of sp³-hybridized carbons (Fsp3) is 0.300. The quantitative estimate of drug-likeness (QED) is 0.602. The number of hydrogen-bond acceptors (Lipinski definition) is 2. The van der Waals surface area contributed by atoms with Gasteiger partial charge in [0.05, 0.1) is 15.7 Å². The van der Waals surface area contributed by atoms with Crippen LogP contribution in [0.1, 0.15) is 16.7 Å².